The molecule has 0 saturated heterocycles. The lowest BCUT2D eigenvalue weighted by Gasteiger charge is -1.98. The Morgan fingerprint density at radius 2 is 2.08 bits per heavy atom. The first-order valence-corrected chi connectivity index (χ1v) is 4.37. The molecule has 12 heavy (non-hydrogen) atoms. The first-order chi connectivity index (χ1) is 5.63. The molecule has 1 N–H and O–H groups in total. The van der Waals surface area contributed by atoms with E-state index in [1.54, 1.807) is 6.92 Å². The van der Waals surface area contributed by atoms with Gasteiger partial charge in [-0.1, -0.05) is 0 Å². The zero-order valence-electron chi connectivity index (χ0n) is 8.26. The Morgan fingerprint density at radius 1 is 1.42 bits per heavy atom. The van der Waals surface area contributed by atoms with Crippen molar-refractivity contribution in [1.29, 1.82) is 0 Å². The van der Waals surface area contributed by atoms with Gasteiger partial charge in [-0.3, -0.25) is 4.79 Å². The lowest BCUT2D eigenvalue weighted by atomic mass is 10.2. The van der Waals surface area contributed by atoms with Crippen molar-refractivity contribution < 1.29 is 9.37 Å². The highest BCUT2D eigenvalue weighted by Crippen LogP contribution is 1.90. The standard InChI is InChI=1S/C9H18N2O/c1-9(12)10-7-5-4-6-8-11(2)3/h8H,4-7H2,1-3H3/p+1/i11+1. The van der Waals surface area contributed by atoms with E-state index < -0.39 is 0 Å². The van der Waals surface area contributed by atoms with Crippen molar-refractivity contribution in [3.05, 3.63) is 0 Å². The van der Waals surface area contributed by atoms with Gasteiger partial charge in [0.25, 0.3) is 0 Å². The summed E-state index contributed by atoms with van der Waals surface area (Å²) in [4.78, 5) is 10.5. The highest BCUT2D eigenvalue weighted by molar-refractivity contribution is 5.72. The maximum Gasteiger partial charge on any atom is 0.216 e. The molecule has 0 atom stereocenters. The third-order valence-electron chi connectivity index (χ3n) is 1.50. The molecule has 0 bridgehead atoms. The summed E-state index contributed by atoms with van der Waals surface area (Å²) in [7, 11) is 4.04. The fourth-order valence-corrected chi connectivity index (χ4v) is 0.883. The minimum atomic E-state index is 0.0617. The van der Waals surface area contributed by atoms with Gasteiger partial charge >= 0.3 is 0 Å². The first-order valence-electron chi connectivity index (χ1n) is 4.37. The van der Waals surface area contributed by atoms with Crippen LogP contribution in [0.15, 0.2) is 0 Å². The predicted octanol–water partition coefficient (Wildman–Crippen LogP) is 0.636. The lowest BCUT2D eigenvalue weighted by Crippen LogP contribution is -2.20. The third kappa shape index (κ3) is 9.14. The second kappa shape index (κ2) is 6.83. The summed E-state index contributed by atoms with van der Waals surface area (Å²) in [5, 5.41) is 2.77. The molecule has 0 aliphatic heterocycles. The number of carbonyl (C=O) groups is 1. The van der Waals surface area contributed by atoms with Crippen LogP contribution < -0.4 is 5.32 Å². The van der Waals surface area contributed by atoms with Crippen molar-refractivity contribution in [3.63, 3.8) is 0 Å². The van der Waals surface area contributed by atoms with Crippen LogP contribution in [0.3, 0.4) is 0 Å². The van der Waals surface area contributed by atoms with Crippen molar-refractivity contribution in [2.45, 2.75) is 26.2 Å². The van der Waals surface area contributed by atoms with E-state index in [0.29, 0.717) is 0 Å². The Hall–Kier alpha value is -0.860. The highest BCUT2D eigenvalue weighted by Gasteiger charge is 1.91. The topological polar surface area (TPSA) is 32.1 Å². The van der Waals surface area contributed by atoms with Gasteiger partial charge in [-0.25, -0.2) is 4.58 Å². The molecule has 3 nitrogen and oxygen atoms in total. The van der Waals surface area contributed by atoms with Gasteiger partial charge in [-0.15, -0.1) is 0 Å². The van der Waals surface area contributed by atoms with E-state index in [1.807, 2.05) is 14.1 Å². The molecule has 0 fully saturated rings. The number of amides is 1. The van der Waals surface area contributed by atoms with E-state index in [4.69, 9.17) is 0 Å². The fraction of sp³-hybridized carbons (Fsp3) is 0.778. The monoisotopic (exact) mass is 172 g/mol. The van der Waals surface area contributed by atoms with Crippen LogP contribution in [0.5, 0.6) is 0 Å². The predicted molar refractivity (Wildman–Crippen MR) is 50.7 cm³/mol. The number of hydrogen-bond acceptors (Lipinski definition) is 1. The fourth-order valence-electron chi connectivity index (χ4n) is 0.883. The molecule has 0 saturated carbocycles. The molecule has 0 radical (unpaired) electrons. The van der Waals surface area contributed by atoms with Crippen molar-refractivity contribution >= 4 is 12.1 Å². The van der Waals surface area contributed by atoms with Crippen LogP contribution >= 0.6 is 0 Å². The van der Waals surface area contributed by atoms with Gasteiger partial charge in [0.05, 0.1) is 0 Å². The van der Waals surface area contributed by atoms with Crippen LogP contribution in [0, 0.1) is 0 Å². The number of nitrogens with one attached hydrogen (secondary N) is 1. The van der Waals surface area contributed by atoms with Crippen LogP contribution in [-0.2, 0) is 4.79 Å². The summed E-state index contributed by atoms with van der Waals surface area (Å²) >= 11 is 0. The van der Waals surface area contributed by atoms with E-state index in [1.165, 1.54) is 0 Å². The van der Waals surface area contributed by atoms with Gasteiger partial charge in [0, 0.05) is 19.9 Å². The van der Waals surface area contributed by atoms with Crippen molar-refractivity contribution in [2.24, 2.45) is 0 Å². The molecule has 0 aromatic carbocycles. The summed E-state index contributed by atoms with van der Waals surface area (Å²) in [6.07, 6.45) is 5.43. The molecule has 0 spiro atoms. The largest absolute Gasteiger partial charge is 0.356 e. The maximum atomic E-state index is 10.5. The highest BCUT2D eigenvalue weighted by atomic mass is 16.1. The second-order valence-electron chi connectivity index (χ2n) is 3.12. The molecule has 0 heterocycles. The molecular weight excluding hydrogens is 153 g/mol. The number of unbranched alkanes of at least 4 members (excludes halogenated alkanes) is 2. The number of rotatable bonds is 5. The summed E-state index contributed by atoms with van der Waals surface area (Å²) < 4.78 is 2.05. The number of hydrogen-bond donors (Lipinski definition) is 1. The smallest absolute Gasteiger partial charge is 0.216 e. The minimum absolute atomic E-state index is 0.0617. The summed E-state index contributed by atoms with van der Waals surface area (Å²) in [5.74, 6) is 0.0617. The van der Waals surface area contributed by atoms with Gasteiger partial charge in [-0.2, -0.15) is 0 Å². The molecule has 0 unspecified atom stereocenters. The number of nitrogens with zero attached hydrogens (tertiary/aromatic N) is 1. The Kier molecular flexibility index (Phi) is 6.34. The average molecular weight is 172 g/mol. The Morgan fingerprint density at radius 3 is 2.58 bits per heavy atom. The van der Waals surface area contributed by atoms with Gasteiger partial charge < -0.3 is 5.32 Å². The summed E-state index contributed by atoms with van der Waals surface area (Å²) in [6, 6.07) is 0. The molecule has 3 heteroatoms. The molecule has 0 rings (SSSR count). The molecule has 0 aromatic heterocycles. The SMILES string of the molecule is CC(=O)NCCCCC=[15N+](C)C. The Labute approximate surface area is 74.5 Å². The molecule has 0 aliphatic rings. The molecule has 70 valence electrons. The van der Waals surface area contributed by atoms with E-state index in [2.05, 4.69) is 16.1 Å². The van der Waals surface area contributed by atoms with Crippen LogP contribution in [-0.4, -0.2) is 37.3 Å². The zero-order chi connectivity index (χ0) is 9.40. The maximum absolute atomic E-state index is 10.5. The van der Waals surface area contributed by atoms with Gasteiger partial charge in [0.15, 0.2) is 0 Å². The minimum Gasteiger partial charge on any atom is -0.356 e. The lowest BCUT2D eigenvalue weighted by molar-refractivity contribution is -0.460. The molecule has 1 amide bonds. The van der Waals surface area contributed by atoms with Crippen LogP contribution in [0.25, 0.3) is 0 Å². The second-order valence-corrected chi connectivity index (χ2v) is 3.12. The molecule has 0 aliphatic carbocycles. The van der Waals surface area contributed by atoms with Crippen LogP contribution in [0.4, 0.5) is 0 Å². The van der Waals surface area contributed by atoms with Crippen molar-refractivity contribution in [1.82, 2.24) is 5.32 Å². The summed E-state index contributed by atoms with van der Waals surface area (Å²) in [6.45, 7) is 2.35. The van der Waals surface area contributed by atoms with Gasteiger partial charge in [0.1, 0.15) is 20.3 Å². The summed E-state index contributed by atoms with van der Waals surface area (Å²) in [5.41, 5.74) is 0. The first kappa shape index (κ1) is 11.1. The van der Waals surface area contributed by atoms with E-state index >= 15 is 0 Å². The van der Waals surface area contributed by atoms with Crippen molar-refractivity contribution in [3.8, 4) is 0 Å². The number of carbonyl (C=O) groups excluding carboxylic acids is 1. The Bertz CT molecular complexity index is 160. The van der Waals surface area contributed by atoms with Gasteiger partial charge in [-0.05, 0) is 12.8 Å². The Balaban J connectivity index is 3.11. The van der Waals surface area contributed by atoms with E-state index in [-0.39, 0.29) is 5.91 Å². The zero-order valence-corrected chi connectivity index (χ0v) is 8.26. The molecule has 0 aromatic rings. The van der Waals surface area contributed by atoms with E-state index in [0.717, 1.165) is 25.8 Å². The van der Waals surface area contributed by atoms with Crippen LogP contribution in [0.2, 0.25) is 0 Å². The average Bonchev–Trinajstić information content (AvgIpc) is 1.95. The normalized spacial score (nSPS) is 9.25. The van der Waals surface area contributed by atoms with E-state index in [9.17, 15) is 4.79 Å². The van der Waals surface area contributed by atoms with Gasteiger partial charge in [0.2, 0.25) is 5.91 Å². The third-order valence-corrected chi connectivity index (χ3v) is 1.50. The van der Waals surface area contributed by atoms with Crippen molar-refractivity contribution in [2.75, 3.05) is 20.6 Å². The van der Waals surface area contributed by atoms with Crippen LogP contribution in [0.1, 0.15) is 26.2 Å². The molecular formula is C9H19N2O+. The quantitative estimate of drug-likeness (QED) is 0.280.